The zero-order valence-electron chi connectivity index (χ0n) is 9.05. The zero-order valence-corrected chi connectivity index (χ0v) is 11.5. The molecule has 1 heterocycles. The quantitative estimate of drug-likeness (QED) is 0.821. The summed E-state index contributed by atoms with van der Waals surface area (Å²) in [7, 11) is -3.61. The van der Waals surface area contributed by atoms with Crippen LogP contribution in [0.2, 0.25) is 0 Å². The Morgan fingerprint density at radius 1 is 1.38 bits per heavy atom. The van der Waals surface area contributed by atoms with Crippen molar-refractivity contribution < 1.29 is 17.2 Å². The smallest absolute Gasteiger partial charge is 0.250 e. The lowest BCUT2D eigenvalue weighted by molar-refractivity contribution is 0.492. The van der Waals surface area contributed by atoms with E-state index >= 15 is 0 Å². The summed E-state index contributed by atoms with van der Waals surface area (Å²) < 4.78 is 45.8. The van der Waals surface area contributed by atoms with Crippen molar-refractivity contribution in [1.29, 1.82) is 0 Å². The molecular formula is C8H13NO4S3. The number of sulfonamides is 1. The van der Waals surface area contributed by atoms with E-state index in [9.17, 15) is 12.6 Å². The first-order valence-corrected chi connectivity index (χ1v) is 7.77. The number of hydrogen-bond acceptors (Lipinski definition) is 4. The highest BCUT2D eigenvalue weighted by molar-refractivity contribution is 7.92. The van der Waals surface area contributed by atoms with E-state index in [-0.39, 0.29) is 8.42 Å². The fourth-order valence-corrected chi connectivity index (χ4v) is 4.35. The molecule has 0 saturated heterocycles. The first kappa shape index (κ1) is 13.8. The molecular weight excluding hydrogens is 270 g/mol. The summed E-state index contributed by atoms with van der Waals surface area (Å²) in [5.41, 5.74) is -0.582. The van der Waals surface area contributed by atoms with Crippen LogP contribution in [-0.4, -0.2) is 22.7 Å². The van der Waals surface area contributed by atoms with Crippen LogP contribution in [0.5, 0.6) is 0 Å². The molecule has 0 spiro atoms. The van der Waals surface area contributed by atoms with E-state index in [2.05, 4.69) is 4.72 Å². The minimum atomic E-state index is -3.61. The molecule has 1 unspecified atom stereocenters. The second-order valence-corrected chi connectivity index (χ2v) is 8.37. The number of rotatable bonds is 3. The Balaban J connectivity index is 3.04. The second-order valence-electron chi connectivity index (χ2n) is 4.18. The van der Waals surface area contributed by atoms with Crippen molar-refractivity contribution in [3.8, 4) is 0 Å². The van der Waals surface area contributed by atoms with Crippen LogP contribution in [0.15, 0.2) is 20.6 Å². The fraction of sp³-hybridized carbons (Fsp3) is 0.500. The molecule has 8 heteroatoms. The van der Waals surface area contributed by atoms with E-state index in [1.165, 1.54) is 12.1 Å². The highest BCUT2D eigenvalue weighted by Crippen LogP contribution is 2.24. The standard InChI is InChI=1S/C8H13NO4S3/c1-8(2,3)9-16(12,13)7-5-4-6(14-7)15(10)11/h4-5,9H,1-3H3,(H,10,11). The van der Waals surface area contributed by atoms with E-state index in [0.717, 1.165) is 11.3 Å². The maximum Gasteiger partial charge on any atom is 0.250 e. The van der Waals surface area contributed by atoms with Crippen molar-refractivity contribution in [3.05, 3.63) is 12.1 Å². The maximum atomic E-state index is 11.8. The fourth-order valence-electron chi connectivity index (χ4n) is 0.995. The zero-order chi connectivity index (χ0) is 12.6. The molecule has 0 saturated carbocycles. The predicted octanol–water partition coefficient (Wildman–Crippen LogP) is 1.41. The van der Waals surface area contributed by atoms with Crippen LogP contribution >= 0.6 is 11.3 Å². The highest BCUT2D eigenvalue weighted by atomic mass is 32.3. The average Bonchev–Trinajstić information content (AvgIpc) is 2.46. The minimum absolute atomic E-state index is 0.0415. The van der Waals surface area contributed by atoms with Gasteiger partial charge in [0.15, 0.2) is 11.1 Å². The van der Waals surface area contributed by atoms with E-state index in [1.54, 1.807) is 20.8 Å². The summed E-state index contributed by atoms with van der Waals surface area (Å²) in [5.74, 6) is 0. The molecule has 1 rings (SSSR count). The SMILES string of the molecule is CC(C)(C)NS(=O)(=O)c1ccc(S(=O)O)s1. The normalized spacial score (nSPS) is 15.0. The molecule has 0 bridgehead atoms. The molecule has 0 amide bonds. The Hall–Kier alpha value is -0.280. The van der Waals surface area contributed by atoms with Gasteiger partial charge in [-0.2, -0.15) is 0 Å². The first-order chi connectivity index (χ1) is 7.12. The number of nitrogens with one attached hydrogen (secondary N) is 1. The maximum absolute atomic E-state index is 11.8. The summed E-state index contributed by atoms with van der Waals surface area (Å²) in [5, 5.41) is 0. The van der Waals surface area contributed by atoms with Gasteiger partial charge in [0.05, 0.1) is 0 Å². The van der Waals surface area contributed by atoms with Gasteiger partial charge in [0.2, 0.25) is 0 Å². The molecule has 92 valence electrons. The molecule has 1 atom stereocenters. The summed E-state index contributed by atoms with van der Waals surface area (Å²) in [6.07, 6.45) is 0. The second kappa shape index (κ2) is 4.53. The van der Waals surface area contributed by atoms with Crippen LogP contribution in [0.3, 0.4) is 0 Å². The number of hydrogen-bond donors (Lipinski definition) is 2. The lowest BCUT2D eigenvalue weighted by atomic mass is 10.1. The van der Waals surface area contributed by atoms with Crippen LogP contribution in [-0.2, 0) is 21.1 Å². The Kier molecular flexibility index (Phi) is 3.91. The largest absolute Gasteiger partial charge is 0.302 e. The van der Waals surface area contributed by atoms with Crippen LogP contribution in [0.25, 0.3) is 0 Å². The molecule has 0 aliphatic heterocycles. The average molecular weight is 283 g/mol. The van der Waals surface area contributed by atoms with Gasteiger partial charge in [0, 0.05) is 5.54 Å². The third-order valence-corrected chi connectivity index (χ3v) is 5.72. The van der Waals surface area contributed by atoms with Gasteiger partial charge in [-0.3, -0.25) is 0 Å². The molecule has 1 aromatic heterocycles. The van der Waals surface area contributed by atoms with Crippen molar-refractivity contribution in [2.24, 2.45) is 0 Å². The van der Waals surface area contributed by atoms with Crippen LogP contribution in [0, 0.1) is 0 Å². The van der Waals surface area contributed by atoms with Gasteiger partial charge < -0.3 is 4.55 Å². The Morgan fingerprint density at radius 3 is 2.31 bits per heavy atom. The topological polar surface area (TPSA) is 83.5 Å². The predicted molar refractivity (Wildman–Crippen MR) is 63.4 cm³/mol. The Labute approximate surface area is 101 Å². The molecule has 0 aliphatic carbocycles. The monoisotopic (exact) mass is 283 g/mol. The van der Waals surface area contributed by atoms with E-state index < -0.39 is 26.6 Å². The molecule has 5 nitrogen and oxygen atoms in total. The van der Waals surface area contributed by atoms with E-state index in [0.29, 0.717) is 0 Å². The molecule has 1 aromatic rings. The van der Waals surface area contributed by atoms with Crippen molar-refractivity contribution in [1.82, 2.24) is 4.72 Å². The van der Waals surface area contributed by atoms with Gasteiger partial charge in [-0.25, -0.2) is 17.3 Å². The number of thiophene rings is 1. The summed E-state index contributed by atoms with van der Waals surface area (Å²) in [6.45, 7) is 5.18. The van der Waals surface area contributed by atoms with Gasteiger partial charge in [0.1, 0.15) is 8.42 Å². The van der Waals surface area contributed by atoms with Gasteiger partial charge >= 0.3 is 0 Å². The highest BCUT2D eigenvalue weighted by Gasteiger charge is 2.24. The third kappa shape index (κ3) is 3.63. The van der Waals surface area contributed by atoms with Crippen molar-refractivity contribution in [3.63, 3.8) is 0 Å². The van der Waals surface area contributed by atoms with Gasteiger partial charge in [0.25, 0.3) is 10.0 Å². The first-order valence-electron chi connectivity index (χ1n) is 4.36. The van der Waals surface area contributed by atoms with E-state index in [4.69, 9.17) is 4.55 Å². The lowest BCUT2D eigenvalue weighted by Gasteiger charge is -2.19. The summed E-state index contributed by atoms with van der Waals surface area (Å²) in [6, 6.07) is 2.65. The van der Waals surface area contributed by atoms with Crippen LogP contribution in [0.4, 0.5) is 0 Å². The van der Waals surface area contributed by atoms with Gasteiger partial charge in [-0.1, -0.05) is 0 Å². The minimum Gasteiger partial charge on any atom is -0.302 e. The van der Waals surface area contributed by atoms with Crippen LogP contribution < -0.4 is 4.72 Å². The van der Waals surface area contributed by atoms with Gasteiger partial charge in [-0.15, -0.1) is 11.3 Å². The Morgan fingerprint density at radius 2 is 1.94 bits per heavy atom. The van der Waals surface area contributed by atoms with Crippen molar-refractivity contribution in [2.45, 2.75) is 34.7 Å². The molecule has 0 radical (unpaired) electrons. The molecule has 16 heavy (non-hydrogen) atoms. The lowest BCUT2D eigenvalue weighted by Crippen LogP contribution is -2.40. The third-order valence-electron chi connectivity index (χ3n) is 1.43. The van der Waals surface area contributed by atoms with Crippen molar-refractivity contribution >= 4 is 32.4 Å². The Bertz CT molecular complexity index is 498. The molecule has 0 aliphatic rings. The van der Waals surface area contributed by atoms with Crippen molar-refractivity contribution in [2.75, 3.05) is 0 Å². The summed E-state index contributed by atoms with van der Waals surface area (Å²) in [4.78, 5) is 0. The van der Waals surface area contributed by atoms with Gasteiger partial charge in [-0.05, 0) is 32.9 Å². The molecule has 2 N–H and O–H groups in total. The molecule has 0 fully saturated rings. The van der Waals surface area contributed by atoms with Crippen LogP contribution in [0.1, 0.15) is 20.8 Å². The molecule has 0 aromatic carbocycles. The van der Waals surface area contributed by atoms with E-state index in [1.807, 2.05) is 0 Å². The summed E-state index contributed by atoms with van der Waals surface area (Å²) >= 11 is -1.35.